The van der Waals surface area contributed by atoms with Crippen LogP contribution < -0.4 is 15.8 Å². The van der Waals surface area contributed by atoms with Gasteiger partial charge in [0.15, 0.2) is 0 Å². The quantitative estimate of drug-likeness (QED) is 0.597. The third-order valence-corrected chi connectivity index (χ3v) is 3.84. The molecule has 0 radical (unpaired) electrons. The van der Waals surface area contributed by atoms with Crippen molar-refractivity contribution in [3.8, 4) is 5.75 Å². The van der Waals surface area contributed by atoms with Crippen molar-refractivity contribution in [3.05, 3.63) is 44.5 Å². The minimum absolute atomic E-state index is 0.679. The Balaban J connectivity index is 2.40. The van der Waals surface area contributed by atoms with Crippen molar-refractivity contribution in [2.75, 3.05) is 18.2 Å². The fourth-order valence-corrected chi connectivity index (χ4v) is 2.39. The molecule has 2 aromatic carbocycles. The van der Waals surface area contributed by atoms with Gasteiger partial charge in [0.2, 0.25) is 0 Å². The summed E-state index contributed by atoms with van der Waals surface area (Å²) in [5, 5.41) is 3.95. The van der Waals surface area contributed by atoms with Crippen LogP contribution in [0.15, 0.2) is 30.3 Å². The molecule has 0 amide bonds. The lowest BCUT2D eigenvalue weighted by Gasteiger charge is -2.14. The van der Waals surface area contributed by atoms with E-state index in [1.54, 1.807) is 13.2 Å². The van der Waals surface area contributed by atoms with Crippen LogP contribution in [0.25, 0.3) is 0 Å². The lowest BCUT2D eigenvalue weighted by atomic mass is 10.2. The van der Waals surface area contributed by atoms with E-state index in [4.69, 9.17) is 22.1 Å². The number of anilines is 3. The van der Waals surface area contributed by atoms with Gasteiger partial charge in [-0.2, -0.15) is 0 Å². The molecular formula is C14H14ClIN2O. The summed E-state index contributed by atoms with van der Waals surface area (Å²) < 4.78 is 6.42. The van der Waals surface area contributed by atoms with Gasteiger partial charge in [-0.05, 0) is 59.3 Å². The predicted octanol–water partition coefficient (Wildman–Crippen LogP) is 4.59. The summed E-state index contributed by atoms with van der Waals surface area (Å²) >= 11 is 8.31. The Kier molecular flexibility index (Phi) is 4.42. The number of rotatable bonds is 3. The number of aryl methyl sites for hydroxylation is 1. The molecule has 2 aromatic rings. The van der Waals surface area contributed by atoms with Gasteiger partial charge in [-0.25, -0.2) is 0 Å². The zero-order chi connectivity index (χ0) is 14.0. The maximum atomic E-state index is 6.09. The largest absolute Gasteiger partial charge is 0.495 e. The molecule has 0 saturated heterocycles. The van der Waals surface area contributed by atoms with Crippen molar-refractivity contribution in [3.63, 3.8) is 0 Å². The summed E-state index contributed by atoms with van der Waals surface area (Å²) in [5.74, 6) is 0.688. The Labute approximate surface area is 131 Å². The Hall–Kier alpha value is -1.14. The lowest BCUT2D eigenvalue weighted by Crippen LogP contribution is -1.99. The molecule has 0 unspecified atom stereocenters. The highest BCUT2D eigenvalue weighted by atomic mass is 127. The van der Waals surface area contributed by atoms with Crippen LogP contribution >= 0.6 is 34.2 Å². The van der Waals surface area contributed by atoms with Crippen molar-refractivity contribution in [2.24, 2.45) is 0 Å². The molecule has 0 aliphatic rings. The van der Waals surface area contributed by atoms with Gasteiger partial charge < -0.3 is 15.8 Å². The third-order valence-electron chi connectivity index (χ3n) is 2.76. The highest BCUT2D eigenvalue weighted by Gasteiger charge is 2.08. The summed E-state index contributed by atoms with van der Waals surface area (Å²) in [5.41, 5.74) is 9.36. The molecule has 0 atom stereocenters. The smallest absolute Gasteiger partial charge is 0.143 e. The van der Waals surface area contributed by atoms with Gasteiger partial charge in [-0.3, -0.25) is 0 Å². The normalized spacial score (nSPS) is 10.3. The molecule has 19 heavy (non-hydrogen) atoms. The molecule has 0 aliphatic heterocycles. The van der Waals surface area contributed by atoms with Crippen LogP contribution in [0.5, 0.6) is 5.75 Å². The number of hydrogen-bond acceptors (Lipinski definition) is 3. The molecule has 5 heteroatoms. The zero-order valence-corrected chi connectivity index (χ0v) is 13.5. The van der Waals surface area contributed by atoms with E-state index in [1.807, 2.05) is 31.2 Å². The molecule has 0 bridgehead atoms. The molecule has 0 aliphatic carbocycles. The Bertz CT molecular complexity index is 617. The van der Waals surface area contributed by atoms with Gasteiger partial charge in [0.25, 0.3) is 0 Å². The molecule has 0 fully saturated rings. The van der Waals surface area contributed by atoms with E-state index in [1.165, 1.54) is 0 Å². The second-order valence-electron chi connectivity index (χ2n) is 4.16. The molecule has 2 rings (SSSR count). The van der Waals surface area contributed by atoms with E-state index in [-0.39, 0.29) is 0 Å². The van der Waals surface area contributed by atoms with Crippen molar-refractivity contribution in [1.82, 2.24) is 0 Å². The van der Waals surface area contributed by atoms with Crippen LogP contribution in [0.2, 0.25) is 5.02 Å². The van der Waals surface area contributed by atoms with E-state index in [2.05, 4.69) is 27.9 Å². The lowest BCUT2D eigenvalue weighted by molar-refractivity contribution is 0.417. The minimum Gasteiger partial charge on any atom is -0.495 e. The first-order valence-corrected chi connectivity index (χ1v) is 7.13. The van der Waals surface area contributed by atoms with E-state index in [9.17, 15) is 0 Å². The summed E-state index contributed by atoms with van der Waals surface area (Å²) in [4.78, 5) is 0. The first kappa shape index (κ1) is 14.3. The predicted molar refractivity (Wildman–Crippen MR) is 89.6 cm³/mol. The fraction of sp³-hybridized carbons (Fsp3) is 0.143. The van der Waals surface area contributed by atoms with Crippen LogP contribution in [-0.2, 0) is 0 Å². The molecule has 3 N–H and O–H groups in total. The van der Waals surface area contributed by atoms with Gasteiger partial charge in [0.05, 0.1) is 24.2 Å². The van der Waals surface area contributed by atoms with Gasteiger partial charge in [-0.15, -0.1) is 0 Å². The van der Waals surface area contributed by atoms with Crippen LogP contribution in [0.3, 0.4) is 0 Å². The van der Waals surface area contributed by atoms with Crippen LogP contribution in [0, 0.1) is 10.5 Å². The highest BCUT2D eigenvalue weighted by Crippen LogP contribution is 2.34. The van der Waals surface area contributed by atoms with Gasteiger partial charge in [0.1, 0.15) is 5.75 Å². The third kappa shape index (κ3) is 3.25. The monoisotopic (exact) mass is 388 g/mol. The standard InChI is InChI=1S/C14H14ClIN2O/c1-8-5-13(14(19-2)7-10(8)15)18-12-4-3-9(16)6-11(12)17/h3-7,18H,17H2,1-2H3. The number of nitrogen functional groups attached to an aromatic ring is 1. The van der Waals surface area contributed by atoms with Crippen molar-refractivity contribution in [1.29, 1.82) is 0 Å². The topological polar surface area (TPSA) is 47.3 Å². The summed E-state index contributed by atoms with van der Waals surface area (Å²) in [6, 6.07) is 9.59. The van der Waals surface area contributed by atoms with Crippen molar-refractivity contribution >= 4 is 51.3 Å². The molecular weight excluding hydrogens is 375 g/mol. The Morgan fingerprint density at radius 2 is 1.95 bits per heavy atom. The number of ether oxygens (including phenoxy) is 1. The SMILES string of the molecule is COc1cc(Cl)c(C)cc1Nc1ccc(I)cc1N. The first-order chi connectivity index (χ1) is 9.01. The molecule has 0 spiro atoms. The average molecular weight is 389 g/mol. The van der Waals surface area contributed by atoms with Gasteiger partial charge >= 0.3 is 0 Å². The van der Waals surface area contributed by atoms with Crippen LogP contribution in [-0.4, -0.2) is 7.11 Å². The second-order valence-corrected chi connectivity index (χ2v) is 5.81. The molecule has 0 aromatic heterocycles. The Morgan fingerprint density at radius 3 is 2.58 bits per heavy atom. The maximum Gasteiger partial charge on any atom is 0.143 e. The van der Waals surface area contributed by atoms with Crippen molar-refractivity contribution in [2.45, 2.75) is 6.92 Å². The number of methoxy groups -OCH3 is 1. The van der Waals surface area contributed by atoms with Gasteiger partial charge in [0, 0.05) is 14.7 Å². The average Bonchev–Trinajstić information content (AvgIpc) is 2.36. The molecule has 0 saturated carbocycles. The minimum atomic E-state index is 0.679. The van der Waals surface area contributed by atoms with Gasteiger partial charge in [-0.1, -0.05) is 11.6 Å². The molecule has 100 valence electrons. The number of hydrogen-bond donors (Lipinski definition) is 2. The number of halogens is 2. The molecule has 0 heterocycles. The zero-order valence-electron chi connectivity index (χ0n) is 10.6. The van der Waals surface area contributed by atoms with E-state index < -0.39 is 0 Å². The number of nitrogens with one attached hydrogen (secondary N) is 1. The Morgan fingerprint density at radius 1 is 1.21 bits per heavy atom. The van der Waals surface area contributed by atoms with E-state index in [0.29, 0.717) is 16.5 Å². The summed E-state index contributed by atoms with van der Waals surface area (Å²) in [7, 11) is 1.61. The van der Waals surface area contributed by atoms with E-state index in [0.717, 1.165) is 20.5 Å². The summed E-state index contributed by atoms with van der Waals surface area (Å²) in [6.45, 7) is 1.95. The first-order valence-electron chi connectivity index (χ1n) is 5.67. The van der Waals surface area contributed by atoms with Crippen LogP contribution in [0.4, 0.5) is 17.1 Å². The van der Waals surface area contributed by atoms with Crippen molar-refractivity contribution < 1.29 is 4.74 Å². The number of benzene rings is 2. The van der Waals surface area contributed by atoms with E-state index >= 15 is 0 Å². The number of nitrogens with two attached hydrogens (primary N) is 1. The maximum absolute atomic E-state index is 6.09. The summed E-state index contributed by atoms with van der Waals surface area (Å²) in [6.07, 6.45) is 0. The second kappa shape index (κ2) is 5.88. The highest BCUT2D eigenvalue weighted by molar-refractivity contribution is 14.1. The molecule has 3 nitrogen and oxygen atoms in total. The van der Waals surface area contributed by atoms with Crippen LogP contribution in [0.1, 0.15) is 5.56 Å². The fourth-order valence-electron chi connectivity index (χ4n) is 1.72.